The number of sulfonamides is 1. The number of hydroxylamine groups is 1. The van der Waals surface area contributed by atoms with Gasteiger partial charge in [-0.1, -0.05) is 23.2 Å². The molecule has 0 spiro atoms. The number of nitrogens with one attached hydrogen (secondary N) is 1. The molecule has 29 heavy (non-hydrogen) atoms. The van der Waals surface area contributed by atoms with Crippen LogP contribution < -0.4 is 10.4 Å². The van der Waals surface area contributed by atoms with E-state index in [0.717, 1.165) is 17.4 Å². The molecule has 2 N–H and O–H groups in total. The van der Waals surface area contributed by atoms with Gasteiger partial charge in [0.2, 0.25) is 10.0 Å². The minimum Gasteiger partial charge on any atom is -0.363 e. The second-order valence-corrected chi connectivity index (χ2v) is 10.2. The molecule has 1 aliphatic rings. The number of piperazine rings is 1. The van der Waals surface area contributed by atoms with E-state index < -0.39 is 20.9 Å². The summed E-state index contributed by atoms with van der Waals surface area (Å²) in [5.41, 5.74) is 1.27. The summed E-state index contributed by atoms with van der Waals surface area (Å²) in [4.78, 5) is 23.9. The van der Waals surface area contributed by atoms with E-state index in [9.17, 15) is 23.3 Å². The van der Waals surface area contributed by atoms with Crippen LogP contribution in [0.5, 0.6) is 0 Å². The number of halogens is 2. The Hall–Kier alpha value is -1.96. The summed E-state index contributed by atoms with van der Waals surface area (Å²) in [6.07, 6.45) is 0. The lowest BCUT2D eigenvalue weighted by atomic mass is 10.1. The third kappa shape index (κ3) is 4.32. The summed E-state index contributed by atoms with van der Waals surface area (Å²) in [5.74, 6) is -0.873. The molecule has 1 aromatic carbocycles. The average Bonchev–Trinajstić information content (AvgIpc) is 3.05. The highest BCUT2D eigenvalue weighted by atomic mass is 35.5. The molecular formula is C15H14Cl2N4O6S2. The second-order valence-electron chi connectivity index (χ2n) is 5.98. The van der Waals surface area contributed by atoms with E-state index in [1.165, 1.54) is 28.0 Å². The highest BCUT2D eigenvalue weighted by molar-refractivity contribution is 7.89. The minimum absolute atomic E-state index is 0.0621. The molecule has 14 heteroatoms. The number of anilines is 1. The Bertz CT molecular complexity index is 1070. The van der Waals surface area contributed by atoms with Gasteiger partial charge in [-0.05, 0) is 18.2 Å². The predicted octanol–water partition coefficient (Wildman–Crippen LogP) is 2.59. The first-order valence-corrected chi connectivity index (χ1v) is 11.1. The lowest BCUT2D eigenvalue weighted by molar-refractivity contribution is -0.384. The third-order valence-corrected chi connectivity index (χ3v) is 8.01. The summed E-state index contributed by atoms with van der Waals surface area (Å²) >= 11 is 12.8. The van der Waals surface area contributed by atoms with Crippen molar-refractivity contribution in [2.45, 2.75) is 4.90 Å². The molecule has 0 unspecified atom stereocenters. The van der Waals surface area contributed by atoms with Crippen LogP contribution in [-0.2, 0) is 10.0 Å². The number of thiophene rings is 1. The van der Waals surface area contributed by atoms with Crippen LogP contribution in [0.15, 0.2) is 29.2 Å². The molecule has 1 aromatic heterocycles. The van der Waals surface area contributed by atoms with Gasteiger partial charge in [-0.15, -0.1) is 11.3 Å². The largest absolute Gasteiger partial charge is 0.363 e. The molecular weight excluding hydrogens is 467 g/mol. The standard InChI is InChI=1S/C15H14Cl2N4O6S2/c16-13-8-12(14(17)28-13)29(26,27)20-5-3-19(4-6-20)10-2-1-9(15(22)18-23)7-11(10)21(24)25/h1-2,7-8,23H,3-6H2,(H,18,22). The Balaban J connectivity index is 1.81. The number of amides is 1. The van der Waals surface area contributed by atoms with E-state index in [-0.39, 0.29) is 56.7 Å². The lowest BCUT2D eigenvalue weighted by Gasteiger charge is -2.35. The minimum atomic E-state index is -3.84. The Labute approximate surface area is 179 Å². The molecule has 10 nitrogen and oxygen atoms in total. The van der Waals surface area contributed by atoms with Crippen LogP contribution in [0.1, 0.15) is 10.4 Å². The number of rotatable bonds is 5. The zero-order valence-electron chi connectivity index (χ0n) is 14.5. The van der Waals surface area contributed by atoms with Gasteiger partial charge < -0.3 is 4.90 Å². The van der Waals surface area contributed by atoms with Gasteiger partial charge in [0.1, 0.15) is 14.9 Å². The maximum Gasteiger partial charge on any atom is 0.293 e. The fourth-order valence-electron chi connectivity index (χ4n) is 2.95. The van der Waals surface area contributed by atoms with Crippen LogP contribution in [0.3, 0.4) is 0 Å². The van der Waals surface area contributed by atoms with E-state index in [4.69, 9.17) is 28.4 Å². The molecule has 0 aliphatic carbocycles. The number of carbonyl (C=O) groups excluding carboxylic acids is 1. The van der Waals surface area contributed by atoms with Crippen molar-refractivity contribution in [3.05, 3.63) is 48.6 Å². The van der Waals surface area contributed by atoms with Crippen LogP contribution in [0, 0.1) is 10.1 Å². The zero-order chi connectivity index (χ0) is 21.3. The van der Waals surface area contributed by atoms with E-state index in [1.807, 2.05) is 0 Å². The van der Waals surface area contributed by atoms with Gasteiger partial charge in [0.05, 0.1) is 9.26 Å². The number of hydrogen-bond donors (Lipinski definition) is 2. The van der Waals surface area contributed by atoms with Gasteiger partial charge in [0.15, 0.2) is 0 Å². The molecule has 3 rings (SSSR count). The van der Waals surface area contributed by atoms with Gasteiger partial charge >= 0.3 is 0 Å². The van der Waals surface area contributed by atoms with E-state index in [0.29, 0.717) is 0 Å². The molecule has 0 radical (unpaired) electrons. The summed E-state index contributed by atoms with van der Waals surface area (Å²) in [6.45, 7) is 0.562. The maximum atomic E-state index is 12.8. The molecule has 1 amide bonds. The molecule has 156 valence electrons. The topological polar surface area (TPSA) is 133 Å². The fraction of sp³-hybridized carbons (Fsp3) is 0.267. The van der Waals surface area contributed by atoms with Gasteiger partial charge in [0, 0.05) is 37.8 Å². The fourth-order valence-corrected chi connectivity index (χ4v) is 6.49. The Morgan fingerprint density at radius 2 is 1.86 bits per heavy atom. The molecule has 0 saturated carbocycles. The Morgan fingerprint density at radius 1 is 1.21 bits per heavy atom. The Kier molecular flexibility index (Phi) is 6.31. The van der Waals surface area contributed by atoms with Crippen LogP contribution in [0.25, 0.3) is 0 Å². The van der Waals surface area contributed by atoms with E-state index in [2.05, 4.69) is 0 Å². The summed E-state index contributed by atoms with van der Waals surface area (Å²) in [6, 6.07) is 5.08. The van der Waals surface area contributed by atoms with Crippen LogP contribution in [0.4, 0.5) is 11.4 Å². The number of benzene rings is 1. The average molecular weight is 481 g/mol. The van der Waals surface area contributed by atoms with Crippen molar-refractivity contribution in [1.29, 1.82) is 0 Å². The molecule has 1 fully saturated rings. The first kappa shape index (κ1) is 21.7. The van der Waals surface area contributed by atoms with Gasteiger partial charge in [-0.2, -0.15) is 4.31 Å². The lowest BCUT2D eigenvalue weighted by Crippen LogP contribution is -2.48. The third-order valence-electron chi connectivity index (χ3n) is 4.36. The zero-order valence-corrected chi connectivity index (χ0v) is 17.7. The number of nitrogens with zero attached hydrogens (tertiary/aromatic N) is 3. The predicted molar refractivity (Wildman–Crippen MR) is 108 cm³/mol. The monoisotopic (exact) mass is 480 g/mol. The number of nitro groups is 1. The van der Waals surface area contributed by atoms with Crippen LogP contribution in [-0.4, -0.2) is 54.9 Å². The molecule has 2 heterocycles. The molecule has 2 aromatic rings. The molecule has 0 atom stereocenters. The normalized spacial score (nSPS) is 15.3. The van der Waals surface area contributed by atoms with Crippen molar-refractivity contribution in [3.63, 3.8) is 0 Å². The molecule has 1 aliphatic heterocycles. The van der Waals surface area contributed by atoms with E-state index >= 15 is 0 Å². The van der Waals surface area contributed by atoms with Gasteiger partial charge in [-0.3, -0.25) is 20.1 Å². The summed E-state index contributed by atoms with van der Waals surface area (Å²) in [5, 5.41) is 20.1. The van der Waals surface area contributed by atoms with Crippen molar-refractivity contribution in [1.82, 2.24) is 9.79 Å². The Morgan fingerprint density at radius 3 is 2.38 bits per heavy atom. The SMILES string of the molecule is O=C(NO)c1ccc(N2CCN(S(=O)(=O)c3cc(Cl)sc3Cl)CC2)c([N+](=O)[O-])c1. The molecule has 0 bridgehead atoms. The quantitative estimate of drug-likeness (QED) is 0.381. The second kappa shape index (κ2) is 8.42. The van der Waals surface area contributed by atoms with Gasteiger partial charge in [0.25, 0.3) is 11.6 Å². The highest BCUT2D eigenvalue weighted by Gasteiger charge is 2.33. The summed E-state index contributed by atoms with van der Waals surface area (Å²) < 4.78 is 27.2. The van der Waals surface area contributed by atoms with Crippen molar-refractivity contribution >= 4 is 61.8 Å². The maximum absolute atomic E-state index is 12.8. The van der Waals surface area contributed by atoms with Gasteiger partial charge in [-0.25, -0.2) is 13.9 Å². The van der Waals surface area contributed by atoms with Crippen molar-refractivity contribution in [2.24, 2.45) is 0 Å². The van der Waals surface area contributed by atoms with E-state index in [1.54, 1.807) is 4.90 Å². The van der Waals surface area contributed by atoms with Crippen molar-refractivity contribution in [2.75, 3.05) is 31.1 Å². The molecule has 1 saturated heterocycles. The smallest absolute Gasteiger partial charge is 0.293 e. The van der Waals surface area contributed by atoms with Crippen LogP contribution >= 0.6 is 34.5 Å². The highest BCUT2D eigenvalue weighted by Crippen LogP contribution is 2.36. The number of hydrogen-bond acceptors (Lipinski definition) is 8. The first-order chi connectivity index (χ1) is 13.6. The number of nitro benzene ring substituents is 1. The summed E-state index contributed by atoms with van der Waals surface area (Å²) in [7, 11) is -3.84. The van der Waals surface area contributed by atoms with Crippen molar-refractivity contribution < 1.29 is 23.3 Å². The first-order valence-electron chi connectivity index (χ1n) is 8.08. The number of carbonyl (C=O) groups is 1. The van der Waals surface area contributed by atoms with Crippen LogP contribution in [0.2, 0.25) is 8.67 Å². The van der Waals surface area contributed by atoms with Crippen molar-refractivity contribution in [3.8, 4) is 0 Å².